The van der Waals surface area contributed by atoms with Crippen molar-refractivity contribution in [3.05, 3.63) is 23.8 Å². The highest BCUT2D eigenvalue weighted by Gasteiger charge is 2.44. The van der Waals surface area contributed by atoms with Crippen LogP contribution >= 0.6 is 0 Å². The number of nitrogens with one attached hydrogen (secondary N) is 1. The molecule has 1 heterocycles. The molecule has 0 saturated carbocycles. The summed E-state index contributed by atoms with van der Waals surface area (Å²) < 4.78 is 11.2. The van der Waals surface area contributed by atoms with E-state index in [0.29, 0.717) is 6.42 Å². The summed E-state index contributed by atoms with van der Waals surface area (Å²) in [4.78, 5) is 12.9. The van der Waals surface area contributed by atoms with Gasteiger partial charge in [0.2, 0.25) is 5.91 Å². The topological polar surface area (TPSA) is 149 Å². The number of carbonyl (C=O) groups is 1. The number of hydrogen-bond donors (Lipinski definition) is 6. The first-order chi connectivity index (χ1) is 23.7. The zero-order chi connectivity index (χ0) is 36.1. The fourth-order valence-corrected chi connectivity index (χ4v) is 6.29. The average Bonchev–Trinajstić information content (AvgIpc) is 3.09. The molecule has 0 aromatic rings. The molecule has 9 nitrogen and oxygen atoms in total. The first-order valence-corrected chi connectivity index (χ1v) is 20.0. The van der Waals surface area contributed by atoms with Crippen LogP contribution in [0.4, 0.5) is 0 Å². The molecule has 1 fully saturated rings. The third kappa shape index (κ3) is 22.3. The molecule has 0 aromatic heterocycles. The van der Waals surface area contributed by atoms with E-state index in [1.54, 1.807) is 6.08 Å². The maximum absolute atomic E-state index is 12.9. The van der Waals surface area contributed by atoms with Crippen molar-refractivity contribution in [1.29, 1.82) is 0 Å². The van der Waals surface area contributed by atoms with Gasteiger partial charge in [0.1, 0.15) is 24.4 Å². The summed E-state index contributed by atoms with van der Waals surface area (Å²) in [6.07, 6.45) is 24.4. The van der Waals surface area contributed by atoms with E-state index in [1.165, 1.54) is 108 Å². The minimum absolute atomic E-state index is 0.189. The lowest BCUT2D eigenvalue weighted by Gasteiger charge is -2.40. The number of amides is 1. The van der Waals surface area contributed by atoms with E-state index in [2.05, 4.69) is 32.2 Å². The summed E-state index contributed by atoms with van der Waals surface area (Å²) in [7, 11) is 0. The van der Waals surface area contributed by atoms with Crippen LogP contribution in [-0.2, 0) is 14.3 Å². The number of carbonyl (C=O) groups excluding carboxylic acids is 1. The van der Waals surface area contributed by atoms with Crippen LogP contribution in [0, 0.1) is 0 Å². The van der Waals surface area contributed by atoms with Crippen LogP contribution in [0.15, 0.2) is 23.8 Å². The number of hydrogen-bond acceptors (Lipinski definition) is 8. The van der Waals surface area contributed by atoms with E-state index in [9.17, 15) is 30.3 Å². The Bertz CT molecular complexity index is 850. The highest BCUT2D eigenvalue weighted by Crippen LogP contribution is 2.22. The van der Waals surface area contributed by atoms with E-state index in [0.717, 1.165) is 38.5 Å². The van der Waals surface area contributed by atoms with Crippen molar-refractivity contribution in [3.63, 3.8) is 0 Å². The average molecular weight is 698 g/mol. The molecule has 1 aliphatic heterocycles. The fourth-order valence-electron chi connectivity index (χ4n) is 6.29. The van der Waals surface area contributed by atoms with E-state index < -0.39 is 49.5 Å². The van der Waals surface area contributed by atoms with Gasteiger partial charge in [-0.15, -0.1) is 0 Å². The van der Waals surface area contributed by atoms with Gasteiger partial charge < -0.3 is 40.3 Å². The van der Waals surface area contributed by atoms with Gasteiger partial charge in [-0.1, -0.05) is 147 Å². The van der Waals surface area contributed by atoms with Gasteiger partial charge in [0, 0.05) is 6.42 Å². The van der Waals surface area contributed by atoms with Crippen LogP contribution in [-0.4, -0.2) is 87.5 Å². The number of aliphatic hydroxyl groups excluding tert-OH is 5. The zero-order valence-electron chi connectivity index (χ0n) is 31.4. The van der Waals surface area contributed by atoms with Crippen LogP contribution in [0.1, 0.15) is 168 Å². The second kappa shape index (κ2) is 30.3. The minimum atomic E-state index is -1.57. The van der Waals surface area contributed by atoms with Crippen molar-refractivity contribution < 1.29 is 39.8 Å². The van der Waals surface area contributed by atoms with E-state index in [-0.39, 0.29) is 12.5 Å². The van der Waals surface area contributed by atoms with Crippen LogP contribution in [0.25, 0.3) is 0 Å². The molecule has 0 bridgehead atoms. The summed E-state index contributed by atoms with van der Waals surface area (Å²) in [6.45, 7) is 5.88. The Kier molecular flexibility index (Phi) is 28.3. The Balaban J connectivity index is 2.52. The molecule has 5 unspecified atom stereocenters. The lowest BCUT2D eigenvalue weighted by Crippen LogP contribution is -2.60. The number of rotatable bonds is 31. The largest absolute Gasteiger partial charge is 0.394 e. The summed E-state index contributed by atoms with van der Waals surface area (Å²) in [6, 6.07) is -0.817. The SMILES string of the molecule is CCCCCCCCCCCCCCCC(=O)NC(CO[C@H]1OC(CO)[C@@H](O)C(O)C1O)C(O)/C=C/CC/C=C(\C)CCCCCCCC. The number of aliphatic hydroxyl groups is 5. The fraction of sp³-hybridized carbons (Fsp3) is 0.875. The molecule has 1 amide bonds. The number of unbranched alkanes of at least 4 members (excludes halogenated alkanes) is 18. The Morgan fingerprint density at radius 2 is 1.24 bits per heavy atom. The molecule has 1 saturated heterocycles. The molecule has 1 aliphatic rings. The third-order valence-corrected chi connectivity index (χ3v) is 9.64. The van der Waals surface area contributed by atoms with Crippen LogP contribution < -0.4 is 5.32 Å². The molecule has 0 radical (unpaired) electrons. The van der Waals surface area contributed by atoms with E-state index in [4.69, 9.17) is 9.47 Å². The Morgan fingerprint density at radius 1 is 0.735 bits per heavy atom. The quantitative estimate of drug-likeness (QED) is 0.0330. The Hall–Kier alpha value is -1.33. The zero-order valence-corrected chi connectivity index (χ0v) is 31.4. The van der Waals surface area contributed by atoms with Crippen molar-refractivity contribution in [1.82, 2.24) is 5.32 Å². The van der Waals surface area contributed by atoms with E-state index >= 15 is 0 Å². The molecular weight excluding hydrogens is 622 g/mol. The number of ether oxygens (including phenoxy) is 2. The number of allylic oxidation sites excluding steroid dienone is 3. The van der Waals surface area contributed by atoms with Gasteiger partial charge in [0.25, 0.3) is 0 Å². The van der Waals surface area contributed by atoms with Crippen LogP contribution in [0.3, 0.4) is 0 Å². The van der Waals surface area contributed by atoms with Gasteiger partial charge in [-0.05, 0) is 39.0 Å². The Morgan fingerprint density at radius 3 is 1.78 bits per heavy atom. The molecule has 288 valence electrons. The highest BCUT2D eigenvalue weighted by molar-refractivity contribution is 5.76. The van der Waals surface area contributed by atoms with Crippen molar-refractivity contribution in [2.75, 3.05) is 13.2 Å². The summed E-state index contributed by atoms with van der Waals surface area (Å²) in [5, 5.41) is 54.0. The van der Waals surface area contributed by atoms with Crippen molar-refractivity contribution in [2.24, 2.45) is 0 Å². The maximum atomic E-state index is 12.9. The molecule has 49 heavy (non-hydrogen) atoms. The van der Waals surface area contributed by atoms with Crippen LogP contribution in [0.5, 0.6) is 0 Å². The predicted molar refractivity (Wildman–Crippen MR) is 198 cm³/mol. The summed E-state index contributed by atoms with van der Waals surface area (Å²) in [5.41, 5.74) is 1.38. The molecule has 0 spiro atoms. The second-order valence-corrected chi connectivity index (χ2v) is 14.3. The van der Waals surface area contributed by atoms with Gasteiger partial charge in [-0.3, -0.25) is 4.79 Å². The van der Waals surface area contributed by atoms with Gasteiger partial charge in [0.15, 0.2) is 6.29 Å². The molecular formula is C40H75NO8. The standard InChI is InChI=1S/C40H75NO8/c1-4-6-8-10-12-13-14-15-16-17-18-20-25-29-36(44)41-33(31-48-40-39(47)38(46)37(45)35(30-42)49-40)34(43)28-24-21-23-27-32(3)26-22-19-11-9-7-5-2/h24,27-28,33-35,37-40,42-43,45-47H,4-23,25-26,29-31H2,1-3H3,(H,41,44)/b28-24+,32-27+/t33?,34?,35?,37-,38?,39?,40+/m1/s1. The van der Waals surface area contributed by atoms with Gasteiger partial charge in [-0.25, -0.2) is 0 Å². The van der Waals surface area contributed by atoms with Gasteiger partial charge >= 0.3 is 0 Å². The summed E-state index contributed by atoms with van der Waals surface area (Å²) in [5.74, 6) is -0.189. The Labute approximate surface area is 298 Å². The monoisotopic (exact) mass is 698 g/mol. The molecule has 1 rings (SSSR count). The predicted octanol–water partition coefficient (Wildman–Crippen LogP) is 7.16. The molecule has 7 atom stereocenters. The molecule has 0 aliphatic carbocycles. The summed E-state index contributed by atoms with van der Waals surface area (Å²) >= 11 is 0. The van der Waals surface area contributed by atoms with Gasteiger partial charge in [0.05, 0.1) is 25.4 Å². The maximum Gasteiger partial charge on any atom is 0.220 e. The minimum Gasteiger partial charge on any atom is -0.394 e. The lowest BCUT2D eigenvalue weighted by molar-refractivity contribution is -0.302. The lowest BCUT2D eigenvalue weighted by atomic mass is 9.99. The first-order valence-electron chi connectivity index (χ1n) is 20.0. The molecule has 9 heteroatoms. The first kappa shape index (κ1) is 45.7. The normalized spacial score (nSPS) is 22.9. The second-order valence-electron chi connectivity index (χ2n) is 14.3. The molecule has 0 aromatic carbocycles. The van der Waals surface area contributed by atoms with Crippen LogP contribution in [0.2, 0.25) is 0 Å². The van der Waals surface area contributed by atoms with Crippen molar-refractivity contribution in [3.8, 4) is 0 Å². The third-order valence-electron chi connectivity index (χ3n) is 9.64. The molecule has 6 N–H and O–H groups in total. The van der Waals surface area contributed by atoms with E-state index in [1.807, 2.05) is 6.08 Å². The van der Waals surface area contributed by atoms with Crippen molar-refractivity contribution in [2.45, 2.75) is 211 Å². The highest BCUT2D eigenvalue weighted by atomic mass is 16.7. The smallest absolute Gasteiger partial charge is 0.220 e. The van der Waals surface area contributed by atoms with Crippen molar-refractivity contribution >= 4 is 5.91 Å². The van der Waals surface area contributed by atoms with Gasteiger partial charge in [-0.2, -0.15) is 0 Å².